The highest BCUT2D eigenvalue weighted by molar-refractivity contribution is 5.31. The Morgan fingerprint density at radius 2 is 2.04 bits per heavy atom. The van der Waals surface area contributed by atoms with Gasteiger partial charge in [0.2, 0.25) is 0 Å². The molecule has 0 N–H and O–H groups in total. The molecule has 1 atom stereocenters. The summed E-state index contributed by atoms with van der Waals surface area (Å²) in [5.74, 6) is 0.746. The minimum Gasteiger partial charge on any atom is -0.490 e. The smallest absolute Gasteiger partial charge is 0.300 e. The molecule has 2 heterocycles. The van der Waals surface area contributed by atoms with Crippen LogP contribution >= 0.6 is 0 Å². The monoisotopic (exact) mass is 332 g/mol. The highest BCUT2D eigenvalue weighted by Crippen LogP contribution is 2.25. The van der Waals surface area contributed by atoms with Crippen LogP contribution in [-0.2, 0) is 18.6 Å². The fraction of sp³-hybridized carbons (Fsp3) is 0.444. The van der Waals surface area contributed by atoms with Crippen LogP contribution < -0.4 is 15.0 Å². The molecule has 0 radical (unpaired) electrons. The van der Waals surface area contributed by atoms with Crippen LogP contribution in [0.1, 0.15) is 32.0 Å². The lowest BCUT2D eigenvalue weighted by atomic mass is 9.87. The molecule has 2 aromatic rings. The van der Waals surface area contributed by atoms with Crippen molar-refractivity contribution in [2.75, 3.05) is 6.61 Å². The first kappa shape index (κ1) is 16.5. The van der Waals surface area contributed by atoms with Gasteiger partial charge in [-0.25, -0.2) is 4.39 Å². The summed E-state index contributed by atoms with van der Waals surface area (Å²) >= 11 is 0. The first-order valence-corrected chi connectivity index (χ1v) is 7.93. The molecule has 1 aromatic heterocycles. The minimum atomic E-state index is -0.726. The maximum atomic E-state index is 13.0. The quantitative estimate of drug-likeness (QED) is 0.864. The molecule has 0 fully saturated rings. The lowest BCUT2D eigenvalue weighted by Gasteiger charge is -2.19. The standard InChI is InChI=1S/C18H21FN2O3/c1-18(2,3)12-4-6-14(7-5-12)23-11-15-10-21-13(9-19)8-16(22)20-17(21)24-15/h4-8,15H,9-11H2,1-3H3. The van der Waals surface area contributed by atoms with Gasteiger partial charge in [0.05, 0.1) is 12.2 Å². The van der Waals surface area contributed by atoms with E-state index in [1.807, 2.05) is 24.3 Å². The summed E-state index contributed by atoms with van der Waals surface area (Å²) in [6.07, 6.45) is -0.299. The van der Waals surface area contributed by atoms with Gasteiger partial charge in [-0.05, 0) is 23.1 Å². The lowest BCUT2D eigenvalue weighted by molar-refractivity contribution is 0.143. The topological polar surface area (TPSA) is 53.4 Å². The molecule has 0 saturated carbocycles. The zero-order chi connectivity index (χ0) is 17.3. The molecular weight excluding hydrogens is 311 g/mol. The molecule has 5 nitrogen and oxygen atoms in total. The van der Waals surface area contributed by atoms with Gasteiger partial charge in [-0.2, -0.15) is 4.98 Å². The first-order valence-electron chi connectivity index (χ1n) is 7.93. The zero-order valence-corrected chi connectivity index (χ0v) is 14.1. The third-order valence-electron chi connectivity index (χ3n) is 4.02. The number of nitrogens with zero attached hydrogens (tertiary/aromatic N) is 2. The molecule has 0 amide bonds. The number of ether oxygens (including phenoxy) is 2. The largest absolute Gasteiger partial charge is 0.490 e. The molecule has 1 unspecified atom stereocenters. The van der Waals surface area contributed by atoms with E-state index in [9.17, 15) is 9.18 Å². The predicted molar refractivity (Wildman–Crippen MR) is 88.4 cm³/mol. The summed E-state index contributed by atoms with van der Waals surface area (Å²) in [4.78, 5) is 15.2. The maximum absolute atomic E-state index is 13.0. The van der Waals surface area contributed by atoms with Gasteiger partial charge in [0.25, 0.3) is 5.56 Å². The molecule has 0 bridgehead atoms. The van der Waals surface area contributed by atoms with Crippen LogP contribution in [0.2, 0.25) is 0 Å². The van der Waals surface area contributed by atoms with Crippen molar-refractivity contribution in [1.29, 1.82) is 0 Å². The van der Waals surface area contributed by atoms with E-state index in [1.54, 1.807) is 4.57 Å². The van der Waals surface area contributed by atoms with Gasteiger partial charge >= 0.3 is 6.01 Å². The van der Waals surface area contributed by atoms with Crippen molar-refractivity contribution in [3.05, 3.63) is 51.9 Å². The highest BCUT2D eigenvalue weighted by Gasteiger charge is 2.26. The summed E-state index contributed by atoms with van der Waals surface area (Å²) in [5, 5.41) is 0. The van der Waals surface area contributed by atoms with Crippen LogP contribution in [0.4, 0.5) is 4.39 Å². The van der Waals surface area contributed by atoms with Crippen LogP contribution in [0.3, 0.4) is 0 Å². The van der Waals surface area contributed by atoms with E-state index in [4.69, 9.17) is 9.47 Å². The molecule has 128 valence electrons. The number of halogens is 1. The Bertz CT molecular complexity index is 778. The van der Waals surface area contributed by atoms with Crippen molar-refractivity contribution in [3.8, 4) is 11.8 Å². The summed E-state index contributed by atoms with van der Waals surface area (Å²) in [6, 6.07) is 9.29. The normalized spacial score (nSPS) is 16.6. The number of hydrogen-bond acceptors (Lipinski definition) is 4. The predicted octanol–water partition coefficient (Wildman–Crippen LogP) is 2.85. The first-order chi connectivity index (χ1) is 11.4. The van der Waals surface area contributed by atoms with Crippen molar-refractivity contribution in [2.24, 2.45) is 0 Å². The number of aromatic nitrogens is 2. The molecule has 0 spiro atoms. The number of hydrogen-bond donors (Lipinski definition) is 0. The van der Waals surface area contributed by atoms with E-state index < -0.39 is 12.2 Å². The van der Waals surface area contributed by atoms with Crippen molar-refractivity contribution in [2.45, 2.75) is 45.5 Å². The Morgan fingerprint density at radius 3 is 2.67 bits per heavy atom. The number of benzene rings is 1. The Balaban J connectivity index is 1.64. The molecular formula is C18H21FN2O3. The van der Waals surface area contributed by atoms with Gasteiger partial charge in [0.1, 0.15) is 19.0 Å². The summed E-state index contributed by atoms with van der Waals surface area (Å²) in [6.45, 7) is 6.46. The van der Waals surface area contributed by atoms with E-state index in [0.717, 1.165) is 5.75 Å². The van der Waals surface area contributed by atoms with Crippen LogP contribution in [0.5, 0.6) is 11.8 Å². The molecule has 1 aliphatic heterocycles. The molecule has 0 saturated heterocycles. The Morgan fingerprint density at radius 1 is 1.33 bits per heavy atom. The average Bonchev–Trinajstić information content (AvgIpc) is 2.94. The van der Waals surface area contributed by atoms with Gasteiger partial charge in [0, 0.05) is 6.07 Å². The fourth-order valence-corrected chi connectivity index (χ4v) is 2.64. The van der Waals surface area contributed by atoms with Crippen molar-refractivity contribution < 1.29 is 13.9 Å². The van der Waals surface area contributed by atoms with E-state index in [0.29, 0.717) is 13.2 Å². The lowest BCUT2D eigenvalue weighted by Crippen LogP contribution is -2.23. The van der Waals surface area contributed by atoms with Crippen molar-refractivity contribution in [1.82, 2.24) is 9.55 Å². The average molecular weight is 332 g/mol. The maximum Gasteiger partial charge on any atom is 0.300 e. The molecule has 3 rings (SSSR count). The van der Waals surface area contributed by atoms with Crippen LogP contribution in [0.25, 0.3) is 0 Å². The van der Waals surface area contributed by atoms with Crippen LogP contribution in [0, 0.1) is 0 Å². The Labute approximate surface area is 140 Å². The minimum absolute atomic E-state index is 0.0931. The van der Waals surface area contributed by atoms with Gasteiger partial charge in [-0.3, -0.25) is 9.36 Å². The Hall–Kier alpha value is -2.37. The second-order valence-electron chi connectivity index (χ2n) is 6.94. The highest BCUT2D eigenvalue weighted by atomic mass is 19.1. The molecule has 0 aliphatic carbocycles. The number of fused-ring (bicyclic) bond motifs is 1. The zero-order valence-electron chi connectivity index (χ0n) is 14.1. The van der Waals surface area contributed by atoms with E-state index in [1.165, 1.54) is 11.6 Å². The van der Waals surface area contributed by atoms with Gasteiger partial charge in [0.15, 0.2) is 6.10 Å². The van der Waals surface area contributed by atoms with Crippen LogP contribution in [-0.4, -0.2) is 22.3 Å². The number of rotatable bonds is 4. The van der Waals surface area contributed by atoms with Crippen molar-refractivity contribution in [3.63, 3.8) is 0 Å². The van der Waals surface area contributed by atoms with E-state index in [-0.39, 0.29) is 23.2 Å². The van der Waals surface area contributed by atoms with E-state index in [2.05, 4.69) is 25.8 Å². The summed E-state index contributed by atoms with van der Waals surface area (Å²) < 4.78 is 25.9. The Kier molecular flexibility index (Phi) is 4.30. The summed E-state index contributed by atoms with van der Waals surface area (Å²) in [5.41, 5.74) is 1.11. The third-order valence-corrected chi connectivity index (χ3v) is 4.02. The van der Waals surface area contributed by atoms with Gasteiger partial charge in [-0.1, -0.05) is 32.9 Å². The van der Waals surface area contributed by atoms with Gasteiger partial charge in [-0.15, -0.1) is 0 Å². The molecule has 6 heteroatoms. The van der Waals surface area contributed by atoms with Gasteiger partial charge < -0.3 is 9.47 Å². The fourth-order valence-electron chi connectivity index (χ4n) is 2.64. The molecule has 1 aromatic carbocycles. The second-order valence-corrected chi connectivity index (χ2v) is 6.94. The SMILES string of the molecule is CC(C)(C)c1ccc(OCC2Cn3c(CF)cc(=O)nc3O2)cc1. The van der Waals surface area contributed by atoms with Crippen molar-refractivity contribution >= 4 is 0 Å². The summed E-state index contributed by atoms with van der Waals surface area (Å²) in [7, 11) is 0. The molecule has 24 heavy (non-hydrogen) atoms. The third kappa shape index (κ3) is 3.42. The second kappa shape index (κ2) is 6.26. The van der Waals surface area contributed by atoms with E-state index >= 15 is 0 Å². The number of alkyl halides is 1. The van der Waals surface area contributed by atoms with Crippen LogP contribution in [0.15, 0.2) is 35.1 Å². The molecule has 1 aliphatic rings.